The van der Waals surface area contributed by atoms with Gasteiger partial charge in [-0.2, -0.15) is 0 Å². The van der Waals surface area contributed by atoms with Gasteiger partial charge >= 0.3 is 5.97 Å². The van der Waals surface area contributed by atoms with Crippen LogP contribution in [0.4, 0.5) is 0 Å². The van der Waals surface area contributed by atoms with Crippen molar-refractivity contribution in [3.8, 4) is 0 Å². The molecule has 1 aromatic heterocycles. The third-order valence-electron chi connectivity index (χ3n) is 3.53. The summed E-state index contributed by atoms with van der Waals surface area (Å²) >= 11 is 3.34. The highest BCUT2D eigenvalue weighted by atomic mass is 79.9. The van der Waals surface area contributed by atoms with Crippen LogP contribution in [0, 0.1) is 6.92 Å². The number of aromatic nitrogens is 1. The molecule has 0 radical (unpaired) electrons. The average molecular weight is 401 g/mol. The quantitative estimate of drug-likeness (QED) is 0.781. The predicted molar refractivity (Wildman–Crippen MR) is 89.7 cm³/mol. The molecular weight excluding hydrogens is 384 g/mol. The Balaban J connectivity index is 2.28. The molecule has 2 aromatic rings. The van der Waals surface area contributed by atoms with Gasteiger partial charge in [0.1, 0.15) is 10.6 Å². The highest BCUT2D eigenvalue weighted by Gasteiger charge is 2.24. The molecule has 0 saturated heterocycles. The van der Waals surface area contributed by atoms with E-state index in [0.717, 1.165) is 10.0 Å². The van der Waals surface area contributed by atoms with Crippen molar-refractivity contribution in [2.45, 2.75) is 18.4 Å². The Labute approximate surface area is 143 Å². The van der Waals surface area contributed by atoms with Crippen LogP contribution in [0.3, 0.4) is 0 Å². The van der Waals surface area contributed by atoms with Crippen molar-refractivity contribution < 1.29 is 17.9 Å². The highest BCUT2D eigenvalue weighted by molar-refractivity contribution is 9.10. The van der Waals surface area contributed by atoms with Crippen LogP contribution >= 0.6 is 15.9 Å². The molecule has 0 spiro atoms. The van der Waals surface area contributed by atoms with Crippen molar-refractivity contribution in [2.75, 3.05) is 7.11 Å². The Kier molecular flexibility index (Phi) is 5.28. The summed E-state index contributed by atoms with van der Waals surface area (Å²) in [5.74, 6) is -0.580. The first-order chi connectivity index (χ1) is 10.8. The maximum Gasteiger partial charge on any atom is 0.354 e. The molecule has 0 aliphatic heterocycles. The molecular formula is C15H17BrN2O4S. The lowest BCUT2D eigenvalue weighted by atomic mass is 10.2. The van der Waals surface area contributed by atoms with E-state index in [1.54, 1.807) is 14.0 Å². The first kappa shape index (κ1) is 17.7. The van der Waals surface area contributed by atoms with Crippen molar-refractivity contribution in [1.82, 2.24) is 9.29 Å². The first-order valence-electron chi connectivity index (χ1n) is 6.75. The Hall–Kier alpha value is -1.64. The molecule has 124 valence electrons. The molecule has 0 aliphatic carbocycles. The second-order valence-corrected chi connectivity index (χ2v) is 7.64. The molecule has 0 saturated carbocycles. The van der Waals surface area contributed by atoms with Crippen LogP contribution in [-0.4, -0.2) is 26.1 Å². The first-order valence-corrected chi connectivity index (χ1v) is 9.02. The van der Waals surface area contributed by atoms with Crippen molar-refractivity contribution in [1.29, 1.82) is 0 Å². The van der Waals surface area contributed by atoms with Gasteiger partial charge in [0.2, 0.25) is 10.0 Å². The van der Waals surface area contributed by atoms with E-state index in [-0.39, 0.29) is 17.1 Å². The van der Waals surface area contributed by atoms with E-state index in [0.29, 0.717) is 5.69 Å². The second kappa shape index (κ2) is 6.86. The molecule has 8 heteroatoms. The van der Waals surface area contributed by atoms with Crippen molar-refractivity contribution in [3.05, 3.63) is 51.8 Å². The molecule has 6 nitrogen and oxygen atoms in total. The maximum atomic E-state index is 12.5. The number of halogens is 1. The van der Waals surface area contributed by atoms with Gasteiger partial charge in [-0.3, -0.25) is 0 Å². The lowest BCUT2D eigenvalue weighted by Gasteiger charge is -2.07. The highest BCUT2D eigenvalue weighted by Crippen LogP contribution is 2.20. The van der Waals surface area contributed by atoms with Crippen molar-refractivity contribution in [3.63, 3.8) is 0 Å². The third-order valence-corrected chi connectivity index (χ3v) is 5.54. The number of hydrogen-bond donors (Lipinski definition) is 1. The molecule has 23 heavy (non-hydrogen) atoms. The average Bonchev–Trinajstić information content (AvgIpc) is 2.81. The summed E-state index contributed by atoms with van der Waals surface area (Å²) in [6, 6.07) is 8.68. The van der Waals surface area contributed by atoms with Crippen LogP contribution in [0.5, 0.6) is 0 Å². The lowest BCUT2D eigenvalue weighted by Crippen LogP contribution is -2.23. The van der Waals surface area contributed by atoms with Gasteiger partial charge in [-0.05, 0) is 30.7 Å². The van der Waals surface area contributed by atoms with E-state index in [1.165, 1.54) is 17.7 Å². The minimum absolute atomic E-state index is 0.0652. The van der Waals surface area contributed by atoms with Gasteiger partial charge in [0.25, 0.3) is 0 Å². The number of esters is 1. The van der Waals surface area contributed by atoms with Gasteiger partial charge in [-0.1, -0.05) is 28.1 Å². The Morgan fingerprint density at radius 1 is 1.35 bits per heavy atom. The summed E-state index contributed by atoms with van der Waals surface area (Å²) in [6.45, 7) is 1.80. The molecule has 1 aromatic carbocycles. The third kappa shape index (κ3) is 3.82. The molecule has 0 aliphatic rings. The number of carbonyl (C=O) groups is 1. The number of carbonyl (C=O) groups excluding carboxylic acids is 1. The zero-order chi connectivity index (χ0) is 17.2. The summed E-state index contributed by atoms with van der Waals surface area (Å²) in [7, 11) is -0.865. The lowest BCUT2D eigenvalue weighted by molar-refractivity contribution is 0.0589. The number of sulfonamides is 1. The fraction of sp³-hybridized carbons (Fsp3) is 0.267. The number of nitrogens with one attached hydrogen (secondary N) is 1. The Morgan fingerprint density at radius 2 is 2.04 bits per heavy atom. The smallest absolute Gasteiger partial charge is 0.354 e. The van der Waals surface area contributed by atoms with Gasteiger partial charge in [-0.25, -0.2) is 17.9 Å². The van der Waals surface area contributed by atoms with E-state index >= 15 is 0 Å². The van der Waals surface area contributed by atoms with Gasteiger partial charge in [0, 0.05) is 23.8 Å². The summed E-state index contributed by atoms with van der Waals surface area (Å²) < 4.78 is 34.6. The number of ether oxygens (including phenoxy) is 1. The summed E-state index contributed by atoms with van der Waals surface area (Å²) in [6.07, 6.45) is 0. The number of methoxy groups -OCH3 is 1. The Morgan fingerprint density at radius 3 is 2.65 bits per heavy atom. The van der Waals surface area contributed by atoms with Crippen molar-refractivity contribution >= 4 is 31.9 Å². The van der Waals surface area contributed by atoms with Crippen molar-refractivity contribution in [2.24, 2.45) is 7.05 Å². The van der Waals surface area contributed by atoms with E-state index in [4.69, 9.17) is 0 Å². The van der Waals surface area contributed by atoms with E-state index in [1.807, 2.05) is 24.3 Å². The number of rotatable bonds is 5. The number of nitrogens with zero attached hydrogens (tertiary/aromatic N) is 1. The molecule has 0 unspecified atom stereocenters. The standard InChI is InChI=1S/C15H17BrN2O4S/c1-10-14(8-13(18(10)2)15(19)22-3)23(20,21)17-9-11-5-4-6-12(16)7-11/h4-8,17H,9H2,1-3H3. The summed E-state index contributed by atoms with van der Waals surface area (Å²) in [4.78, 5) is 11.7. The number of benzene rings is 1. The van der Waals surface area contributed by atoms with E-state index < -0.39 is 16.0 Å². The molecule has 0 atom stereocenters. The molecule has 1 heterocycles. The minimum Gasteiger partial charge on any atom is -0.464 e. The Bertz CT molecular complexity index is 843. The zero-order valence-corrected chi connectivity index (χ0v) is 15.4. The SMILES string of the molecule is COC(=O)c1cc(S(=O)(=O)NCc2cccc(Br)c2)c(C)n1C. The van der Waals surface area contributed by atoms with Crippen LogP contribution in [0.1, 0.15) is 21.7 Å². The maximum absolute atomic E-state index is 12.5. The topological polar surface area (TPSA) is 77.4 Å². The normalized spacial score (nSPS) is 11.5. The van der Waals surface area contributed by atoms with E-state index in [9.17, 15) is 13.2 Å². The van der Waals surface area contributed by atoms with Crippen LogP contribution in [0.15, 0.2) is 39.7 Å². The molecule has 1 N–H and O–H groups in total. The van der Waals surface area contributed by atoms with E-state index in [2.05, 4.69) is 25.4 Å². The zero-order valence-electron chi connectivity index (χ0n) is 13.0. The van der Waals surface area contributed by atoms with Crippen LogP contribution in [-0.2, 0) is 28.4 Å². The molecule has 0 amide bonds. The van der Waals surface area contributed by atoms with Crippen LogP contribution in [0.2, 0.25) is 0 Å². The fourth-order valence-electron chi connectivity index (χ4n) is 2.15. The predicted octanol–water partition coefficient (Wildman–Crippen LogP) is 2.36. The summed E-state index contributed by atoms with van der Waals surface area (Å²) in [5, 5.41) is 0. The van der Waals surface area contributed by atoms with Gasteiger partial charge in [0.05, 0.1) is 7.11 Å². The fourth-order valence-corrected chi connectivity index (χ4v) is 3.90. The second-order valence-electron chi connectivity index (χ2n) is 4.98. The molecule has 2 rings (SSSR count). The largest absolute Gasteiger partial charge is 0.464 e. The van der Waals surface area contributed by atoms with Crippen LogP contribution < -0.4 is 4.72 Å². The number of hydrogen-bond acceptors (Lipinski definition) is 4. The monoisotopic (exact) mass is 400 g/mol. The molecule has 0 fully saturated rings. The molecule has 0 bridgehead atoms. The minimum atomic E-state index is -3.74. The van der Waals surface area contributed by atoms with Gasteiger partial charge in [-0.15, -0.1) is 0 Å². The van der Waals surface area contributed by atoms with Crippen LogP contribution in [0.25, 0.3) is 0 Å². The summed E-state index contributed by atoms with van der Waals surface area (Å²) in [5.41, 5.74) is 1.48. The van der Waals surface area contributed by atoms with Gasteiger partial charge in [0.15, 0.2) is 0 Å². The van der Waals surface area contributed by atoms with Gasteiger partial charge < -0.3 is 9.30 Å².